The van der Waals surface area contributed by atoms with E-state index in [-0.39, 0.29) is 12.1 Å². The first-order valence-electron chi connectivity index (χ1n) is 8.78. The highest BCUT2D eigenvalue weighted by Crippen LogP contribution is 2.46. The summed E-state index contributed by atoms with van der Waals surface area (Å²) in [4.78, 5) is 15.0. The average Bonchev–Trinajstić information content (AvgIpc) is 2.66. The quantitative estimate of drug-likeness (QED) is 0.856. The molecule has 2 heterocycles. The third-order valence-corrected chi connectivity index (χ3v) is 5.47. The van der Waals surface area contributed by atoms with Crippen LogP contribution in [-0.4, -0.2) is 31.4 Å². The maximum Gasteiger partial charge on any atom is 0.161 e. The van der Waals surface area contributed by atoms with E-state index in [1.54, 1.807) is 14.2 Å². The summed E-state index contributed by atoms with van der Waals surface area (Å²) in [6.45, 7) is 0.958. The molecule has 0 spiro atoms. The van der Waals surface area contributed by atoms with Crippen molar-refractivity contribution in [2.45, 2.75) is 31.3 Å². The molecule has 4 rings (SSSR count). The number of carbonyl (C=O) groups excluding carboxylic acids is 1. The number of piperidine rings is 1. The molecule has 2 aromatic rings. The van der Waals surface area contributed by atoms with Crippen LogP contribution >= 0.6 is 0 Å². The minimum absolute atomic E-state index is 0.120. The SMILES string of the molecule is COc1cc2c(cc1OC)C1CC(=O)C[C@@H](c3ccccc3)N1CC2. The second kappa shape index (κ2) is 6.52. The highest BCUT2D eigenvalue weighted by molar-refractivity contribution is 5.81. The van der Waals surface area contributed by atoms with Gasteiger partial charge in [-0.2, -0.15) is 0 Å². The minimum Gasteiger partial charge on any atom is -0.493 e. The van der Waals surface area contributed by atoms with E-state index in [9.17, 15) is 4.79 Å². The Morgan fingerprint density at radius 1 is 0.960 bits per heavy atom. The molecule has 0 N–H and O–H groups in total. The van der Waals surface area contributed by atoms with Crippen molar-refractivity contribution in [3.8, 4) is 11.5 Å². The average molecular weight is 337 g/mol. The van der Waals surface area contributed by atoms with Crippen molar-refractivity contribution in [2.24, 2.45) is 0 Å². The first kappa shape index (κ1) is 16.2. The van der Waals surface area contributed by atoms with Crippen LogP contribution in [0.5, 0.6) is 11.5 Å². The van der Waals surface area contributed by atoms with Gasteiger partial charge in [-0.15, -0.1) is 0 Å². The summed E-state index contributed by atoms with van der Waals surface area (Å²) in [7, 11) is 3.32. The van der Waals surface area contributed by atoms with Gasteiger partial charge >= 0.3 is 0 Å². The van der Waals surface area contributed by atoms with Crippen LogP contribution in [-0.2, 0) is 11.2 Å². The molecule has 1 fully saturated rings. The Morgan fingerprint density at radius 3 is 2.36 bits per heavy atom. The zero-order valence-corrected chi connectivity index (χ0v) is 14.7. The highest BCUT2D eigenvalue weighted by atomic mass is 16.5. The molecule has 0 amide bonds. The van der Waals surface area contributed by atoms with Gasteiger partial charge in [0.2, 0.25) is 0 Å². The van der Waals surface area contributed by atoms with Crippen molar-refractivity contribution >= 4 is 5.78 Å². The third-order valence-electron chi connectivity index (χ3n) is 5.47. The first-order chi connectivity index (χ1) is 12.2. The summed E-state index contributed by atoms with van der Waals surface area (Å²) in [6, 6.07) is 14.8. The normalized spacial score (nSPS) is 22.9. The fourth-order valence-corrected chi connectivity index (χ4v) is 4.26. The fourth-order valence-electron chi connectivity index (χ4n) is 4.26. The maximum atomic E-state index is 12.5. The van der Waals surface area contributed by atoms with Gasteiger partial charge in [-0.1, -0.05) is 30.3 Å². The Bertz CT molecular complexity index is 787. The third kappa shape index (κ3) is 2.81. The second-order valence-electron chi connectivity index (χ2n) is 6.78. The molecule has 0 radical (unpaired) electrons. The van der Waals surface area contributed by atoms with E-state index in [1.807, 2.05) is 6.07 Å². The van der Waals surface area contributed by atoms with Crippen LogP contribution in [0.3, 0.4) is 0 Å². The van der Waals surface area contributed by atoms with Crippen LogP contribution in [0.25, 0.3) is 0 Å². The summed E-state index contributed by atoms with van der Waals surface area (Å²) in [6.07, 6.45) is 2.14. The van der Waals surface area contributed by atoms with Crippen LogP contribution in [0.15, 0.2) is 42.5 Å². The van der Waals surface area contributed by atoms with Gasteiger partial charge in [0, 0.05) is 31.5 Å². The van der Waals surface area contributed by atoms with E-state index in [1.165, 1.54) is 16.7 Å². The van der Waals surface area contributed by atoms with E-state index in [0.717, 1.165) is 24.5 Å². The number of carbonyl (C=O) groups is 1. The van der Waals surface area contributed by atoms with Gasteiger partial charge in [0.15, 0.2) is 11.5 Å². The molecule has 2 aliphatic heterocycles. The topological polar surface area (TPSA) is 38.8 Å². The number of ether oxygens (including phenoxy) is 2. The predicted octanol–water partition coefficient (Wildman–Crippen LogP) is 3.71. The summed E-state index contributed by atoms with van der Waals surface area (Å²) in [5, 5.41) is 0. The Hall–Kier alpha value is -2.33. The van der Waals surface area contributed by atoms with Gasteiger partial charge in [-0.3, -0.25) is 9.69 Å². The molecule has 0 bridgehead atoms. The molecule has 4 heteroatoms. The number of benzene rings is 2. The van der Waals surface area contributed by atoms with Crippen LogP contribution in [0.4, 0.5) is 0 Å². The molecular weight excluding hydrogens is 314 g/mol. The molecule has 1 saturated heterocycles. The maximum absolute atomic E-state index is 12.5. The molecule has 2 aromatic carbocycles. The van der Waals surface area contributed by atoms with Crippen molar-refractivity contribution in [3.63, 3.8) is 0 Å². The van der Waals surface area contributed by atoms with Crippen LogP contribution in [0, 0.1) is 0 Å². The largest absolute Gasteiger partial charge is 0.493 e. The van der Waals surface area contributed by atoms with Crippen molar-refractivity contribution in [2.75, 3.05) is 20.8 Å². The number of fused-ring (bicyclic) bond motifs is 3. The minimum atomic E-state index is 0.120. The van der Waals surface area contributed by atoms with Crippen molar-refractivity contribution in [3.05, 3.63) is 59.2 Å². The molecule has 2 atom stereocenters. The van der Waals surface area contributed by atoms with Gasteiger partial charge in [-0.25, -0.2) is 0 Å². The molecule has 25 heavy (non-hydrogen) atoms. The molecule has 0 saturated carbocycles. The number of hydrogen-bond acceptors (Lipinski definition) is 4. The van der Waals surface area contributed by atoms with Crippen molar-refractivity contribution in [1.29, 1.82) is 0 Å². The van der Waals surface area contributed by atoms with Gasteiger partial charge in [0.1, 0.15) is 5.78 Å². The zero-order chi connectivity index (χ0) is 17.4. The lowest BCUT2D eigenvalue weighted by Crippen LogP contribution is -2.43. The molecule has 4 nitrogen and oxygen atoms in total. The van der Waals surface area contributed by atoms with Gasteiger partial charge in [-0.05, 0) is 35.2 Å². The molecule has 2 aliphatic rings. The number of methoxy groups -OCH3 is 2. The predicted molar refractivity (Wildman–Crippen MR) is 96.1 cm³/mol. The molecule has 1 unspecified atom stereocenters. The van der Waals surface area contributed by atoms with Gasteiger partial charge < -0.3 is 9.47 Å². The first-order valence-corrected chi connectivity index (χ1v) is 8.78. The number of ketones is 1. The fraction of sp³-hybridized carbons (Fsp3) is 0.381. The Kier molecular flexibility index (Phi) is 4.22. The standard InChI is InChI=1S/C21H23NO3/c1-24-20-10-15-8-9-22-18(14-6-4-3-5-7-14)11-16(23)12-19(22)17(15)13-21(20)25-2/h3-7,10,13,18-19H,8-9,11-12H2,1-2H3/t18-,19?/m0/s1. The van der Waals surface area contributed by atoms with Crippen LogP contribution in [0.1, 0.15) is 41.6 Å². The number of Topliss-reactive ketones (excluding diaryl/α,β-unsaturated/α-hetero) is 1. The van der Waals surface area contributed by atoms with Crippen molar-refractivity contribution < 1.29 is 14.3 Å². The lowest BCUT2D eigenvalue weighted by molar-refractivity contribution is -0.126. The molecule has 130 valence electrons. The monoisotopic (exact) mass is 337 g/mol. The summed E-state index contributed by atoms with van der Waals surface area (Å²) in [5.41, 5.74) is 3.70. The smallest absolute Gasteiger partial charge is 0.161 e. The van der Waals surface area contributed by atoms with Crippen LogP contribution in [0.2, 0.25) is 0 Å². The molecular formula is C21H23NO3. The number of hydrogen-bond donors (Lipinski definition) is 0. The number of rotatable bonds is 3. The van der Waals surface area contributed by atoms with E-state index >= 15 is 0 Å². The van der Waals surface area contributed by atoms with E-state index in [4.69, 9.17) is 9.47 Å². The van der Waals surface area contributed by atoms with Crippen molar-refractivity contribution in [1.82, 2.24) is 4.90 Å². The summed E-state index contributed by atoms with van der Waals surface area (Å²) >= 11 is 0. The highest BCUT2D eigenvalue weighted by Gasteiger charge is 2.39. The lowest BCUT2D eigenvalue weighted by Gasteiger charge is -2.45. The van der Waals surface area contributed by atoms with E-state index in [2.05, 4.69) is 41.3 Å². The molecule has 0 aromatic heterocycles. The summed E-state index contributed by atoms with van der Waals surface area (Å²) in [5.74, 6) is 1.83. The van der Waals surface area contributed by atoms with Gasteiger partial charge in [0.25, 0.3) is 0 Å². The molecule has 0 aliphatic carbocycles. The Labute approximate surface area is 148 Å². The van der Waals surface area contributed by atoms with E-state index < -0.39 is 0 Å². The van der Waals surface area contributed by atoms with Gasteiger partial charge in [0.05, 0.1) is 14.2 Å². The van der Waals surface area contributed by atoms with Crippen LogP contribution < -0.4 is 9.47 Å². The lowest BCUT2D eigenvalue weighted by atomic mass is 9.81. The Balaban J connectivity index is 1.75. The Morgan fingerprint density at radius 2 is 1.64 bits per heavy atom. The second-order valence-corrected chi connectivity index (χ2v) is 6.78. The van der Waals surface area contributed by atoms with E-state index in [0.29, 0.717) is 18.6 Å². The number of nitrogens with zero attached hydrogens (tertiary/aromatic N) is 1. The summed E-state index contributed by atoms with van der Waals surface area (Å²) < 4.78 is 10.9. The zero-order valence-electron chi connectivity index (χ0n) is 14.7.